The summed E-state index contributed by atoms with van der Waals surface area (Å²) >= 11 is 1.26. The highest BCUT2D eigenvalue weighted by Gasteiger charge is 2.28. The molecule has 1 saturated heterocycles. The Balaban J connectivity index is 2.20. The molecule has 1 atom stereocenters. The van der Waals surface area contributed by atoms with Crippen LogP contribution in [-0.2, 0) is 4.79 Å². The number of carboxylic acids is 1. The number of nitrogens with zero attached hydrogens (tertiary/aromatic N) is 3. The highest BCUT2D eigenvalue weighted by molar-refractivity contribution is 7.09. The van der Waals surface area contributed by atoms with Crippen molar-refractivity contribution in [1.29, 1.82) is 0 Å². The summed E-state index contributed by atoms with van der Waals surface area (Å²) in [5, 5.41) is 9.87. The lowest BCUT2D eigenvalue weighted by Gasteiger charge is -2.25. The van der Waals surface area contributed by atoms with Crippen molar-refractivity contribution in [2.24, 2.45) is 0 Å². The maximum atomic E-state index is 11.1. The Morgan fingerprint density at radius 2 is 2.40 bits per heavy atom. The van der Waals surface area contributed by atoms with E-state index < -0.39 is 12.0 Å². The topological polar surface area (TPSA) is 66.3 Å². The molecule has 82 valence electrons. The molecule has 1 N–H and O–H groups in total. The molecule has 0 bridgehead atoms. The molecular weight excluding hydrogens is 214 g/mol. The minimum absolute atomic E-state index is 0.430. The van der Waals surface area contributed by atoms with E-state index in [9.17, 15) is 4.79 Å². The van der Waals surface area contributed by atoms with Crippen molar-refractivity contribution in [3.05, 3.63) is 6.33 Å². The Labute approximate surface area is 91.9 Å². The first-order valence-corrected chi connectivity index (χ1v) is 5.82. The summed E-state index contributed by atoms with van der Waals surface area (Å²) in [6.07, 6.45) is 5.29. The van der Waals surface area contributed by atoms with Gasteiger partial charge in [0.2, 0.25) is 5.13 Å². The SMILES string of the molecule is O=C(O)C1CCCCCN1c1ncns1. The van der Waals surface area contributed by atoms with Crippen molar-refractivity contribution in [3.63, 3.8) is 0 Å². The van der Waals surface area contributed by atoms with Crippen LogP contribution < -0.4 is 4.90 Å². The van der Waals surface area contributed by atoms with Gasteiger partial charge in [-0.05, 0) is 12.8 Å². The summed E-state index contributed by atoms with van der Waals surface area (Å²) in [7, 11) is 0. The van der Waals surface area contributed by atoms with E-state index in [4.69, 9.17) is 5.11 Å². The number of hydrogen-bond acceptors (Lipinski definition) is 5. The van der Waals surface area contributed by atoms with Gasteiger partial charge in [-0.15, -0.1) is 0 Å². The van der Waals surface area contributed by atoms with E-state index in [0.717, 1.165) is 30.9 Å². The number of carbonyl (C=O) groups is 1. The van der Waals surface area contributed by atoms with Crippen LogP contribution >= 0.6 is 11.5 Å². The smallest absolute Gasteiger partial charge is 0.326 e. The highest BCUT2D eigenvalue weighted by Crippen LogP contribution is 2.24. The Kier molecular flexibility index (Phi) is 3.15. The predicted molar refractivity (Wildman–Crippen MR) is 57.1 cm³/mol. The van der Waals surface area contributed by atoms with Crippen LogP contribution in [0.4, 0.5) is 5.13 Å². The Morgan fingerprint density at radius 3 is 3.07 bits per heavy atom. The first kappa shape index (κ1) is 10.4. The molecule has 1 aliphatic rings. The molecule has 0 saturated carbocycles. The molecular formula is C9H13N3O2S. The largest absolute Gasteiger partial charge is 0.480 e. The van der Waals surface area contributed by atoms with E-state index in [1.165, 1.54) is 17.9 Å². The molecule has 1 unspecified atom stereocenters. The standard InChI is InChI=1S/C9H13N3O2S/c13-8(14)7-4-2-1-3-5-12(7)9-10-6-11-15-9/h6-7H,1-5H2,(H,13,14). The minimum Gasteiger partial charge on any atom is -0.480 e. The lowest BCUT2D eigenvalue weighted by molar-refractivity contribution is -0.138. The van der Waals surface area contributed by atoms with Crippen molar-refractivity contribution < 1.29 is 9.90 Å². The lowest BCUT2D eigenvalue weighted by Crippen LogP contribution is -2.40. The van der Waals surface area contributed by atoms with Crippen molar-refractivity contribution in [1.82, 2.24) is 9.36 Å². The van der Waals surface area contributed by atoms with E-state index >= 15 is 0 Å². The average molecular weight is 227 g/mol. The second-order valence-electron chi connectivity index (χ2n) is 3.62. The quantitative estimate of drug-likeness (QED) is 0.826. The number of aliphatic carboxylic acids is 1. The summed E-state index contributed by atoms with van der Waals surface area (Å²) in [5.41, 5.74) is 0. The van der Waals surface area contributed by atoms with Gasteiger partial charge in [0.05, 0.1) is 0 Å². The zero-order valence-corrected chi connectivity index (χ0v) is 9.11. The fourth-order valence-electron chi connectivity index (χ4n) is 1.89. The molecule has 1 aliphatic heterocycles. The van der Waals surface area contributed by atoms with Gasteiger partial charge in [-0.1, -0.05) is 12.8 Å². The van der Waals surface area contributed by atoms with Crippen LogP contribution in [0.3, 0.4) is 0 Å². The molecule has 6 heteroatoms. The van der Waals surface area contributed by atoms with Crippen LogP contribution in [-0.4, -0.2) is 33.0 Å². The van der Waals surface area contributed by atoms with E-state index in [1.807, 2.05) is 4.90 Å². The fourth-order valence-corrected chi connectivity index (χ4v) is 2.49. The van der Waals surface area contributed by atoms with Crippen molar-refractivity contribution in [2.45, 2.75) is 31.7 Å². The Hall–Kier alpha value is -1.17. The molecule has 0 spiro atoms. The first-order chi connectivity index (χ1) is 7.29. The van der Waals surface area contributed by atoms with Crippen molar-refractivity contribution in [3.8, 4) is 0 Å². The third-order valence-corrected chi connectivity index (χ3v) is 3.34. The number of carboxylic acid groups (broad SMARTS) is 1. The summed E-state index contributed by atoms with van der Waals surface area (Å²) in [4.78, 5) is 17.1. The number of rotatable bonds is 2. The van der Waals surface area contributed by atoms with Crippen molar-refractivity contribution in [2.75, 3.05) is 11.4 Å². The Bertz CT molecular complexity index is 328. The number of hydrogen-bond donors (Lipinski definition) is 1. The molecule has 1 aromatic heterocycles. The van der Waals surface area contributed by atoms with Gasteiger partial charge < -0.3 is 10.0 Å². The molecule has 1 aromatic rings. The van der Waals surface area contributed by atoms with Crippen LogP contribution in [0.2, 0.25) is 0 Å². The predicted octanol–water partition coefficient (Wildman–Crippen LogP) is 1.37. The monoisotopic (exact) mass is 227 g/mol. The summed E-state index contributed by atoms with van der Waals surface area (Å²) in [5.74, 6) is -0.757. The normalized spacial score (nSPS) is 22.4. The lowest BCUT2D eigenvalue weighted by atomic mass is 10.1. The van der Waals surface area contributed by atoms with Crippen LogP contribution in [0.25, 0.3) is 0 Å². The van der Waals surface area contributed by atoms with Gasteiger partial charge in [0.15, 0.2) is 0 Å². The van der Waals surface area contributed by atoms with Gasteiger partial charge in [0.1, 0.15) is 12.4 Å². The Morgan fingerprint density at radius 1 is 1.53 bits per heavy atom. The maximum absolute atomic E-state index is 11.1. The third-order valence-electron chi connectivity index (χ3n) is 2.63. The molecule has 2 heterocycles. The summed E-state index contributed by atoms with van der Waals surface area (Å²) < 4.78 is 3.92. The minimum atomic E-state index is -0.757. The van der Waals surface area contributed by atoms with Crippen LogP contribution in [0.1, 0.15) is 25.7 Å². The second kappa shape index (κ2) is 4.57. The molecule has 5 nitrogen and oxygen atoms in total. The van der Waals surface area contributed by atoms with Gasteiger partial charge in [-0.25, -0.2) is 9.78 Å². The number of anilines is 1. The van der Waals surface area contributed by atoms with Gasteiger partial charge in [-0.2, -0.15) is 4.37 Å². The van der Waals surface area contributed by atoms with Gasteiger partial charge in [0.25, 0.3) is 0 Å². The number of aromatic nitrogens is 2. The zero-order valence-electron chi connectivity index (χ0n) is 8.30. The molecule has 0 radical (unpaired) electrons. The van der Waals surface area contributed by atoms with E-state index in [2.05, 4.69) is 9.36 Å². The molecule has 0 aliphatic carbocycles. The first-order valence-electron chi connectivity index (χ1n) is 5.05. The van der Waals surface area contributed by atoms with Gasteiger partial charge in [0, 0.05) is 18.1 Å². The summed E-state index contributed by atoms with van der Waals surface area (Å²) in [6.45, 7) is 0.770. The third kappa shape index (κ3) is 2.26. The van der Waals surface area contributed by atoms with E-state index in [-0.39, 0.29) is 0 Å². The average Bonchev–Trinajstić information content (AvgIpc) is 2.61. The molecule has 0 amide bonds. The van der Waals surface area contributed by atoms with Crippen LogP contribution in [0.5, 0.6) is 0 Å². The highest BCUT2D eigenvalue weighted by atomic mass is 32.1. The van der Waals surface area contributed by atoms with E-state index in [0.29, 0.717) is 6.42 Å². The second-order valence-corrected chi connectivity index (χ2v) is 4.38. The molecule has 2 rings (SSSR count). The zero-order chi connectivity index (χ0) is 10.7. The van der Waals surface area contributed by atoms with Crippen molar-refractivity contribution >= 4 is 22.6 Å². The molecule has 0 aromatic carbocycles. The molecule has 15 heavy (non-hydrogen) atoms. The van der Waals surface area contributed by atoms with Gasteiger partial charge in [-0.3, -0.25) is 0 Å². The molecule has 1 fully saturated rings. The summed E-state index contributed by atoms with van der Waals surface area (Å²) in [6, 6.07) is -0.430. The van der Waals surface area contributed by atoms with E-state index in [1.54, 1.807) is 0 Å². The fraction of sp³-hybridized carbons (Fsp3) is 0.667. The van der Waals surface area contributed by atoms with Gasteiger partial charge >= 0.3 is 5.97 Å². The maximum Gasteiger partial charge on any atom is 0.326 e. The van der Waals surface area contributed by atoms with Crippen LogP contribution in [0, 0.1) is 0 Å². The van der Waals surface area contributed by atoms with Crippen LogP contribution in [0.15, 0.2) is 6.33 Å².